The first kappa shape index (κ1) is 28.7. The lowest BCUT2D eigenvalue weighted by molar-refractivity contribution is -0.143. The third-order valence-electron chi connectivity index (χ3n) is 9.21. The summed E-state index contributed by atoms with van der Waals surface area (Å²) < 4.78 is 15.0. The highest BCUT2D eigenvalue weighted by molar-refractivity contribution is 7.17. The Kier molecular flexibility index (Phi) is 7.50. The molecular weight excluding hydrogens is 574 g/mol. The van der Waals surface area contributed by atoms with E-state index in [4.69, 9.17) is 9.47 Å². The van der Waals surface area contributed by atoms with Crippen LogP contribution in [0.4, 0.5) is 0 Å². The van der Waals surface area contributed by atoms with Crippen LogP contribution in [0.3, 0.4) is 0 Å². The molecule has 0 spiro atoms. The van der Waals surface area contributed by atoms with E-state index < -0.39 is 0 Å². The number of pyridine rings is 1. The molecule has 44 heavy (non-hydrogen) atoms. The number of benzene rings is 2. The second kappa shape index (κ2) is 11.5. The van der Waals surface area contributed by atoms with Gasteiger partial charge in [-0.05, 0) is 96.8 Å². The molecule has 3 atom stereocenters. The number of nitrogens with zero attached hydrogens (tertiary/aromatic N) is 5. The maximum atomic E-state index is 13.0. The van der Waals surface area contributed by atoms with Crippen LogP contribution in [0.15, 0.2) is 47.8 Å². The van der Waals surface area contributed by atoms with Gasteiger partial charge in [0.1, 0.15) is 23.1 Å². The zero-order valence-corrected chi connectivity index (χ0v) is 26.3. The molecule has 2 aliphatic rings. The predicted molar refractivity (Wildman–Crippen MR) is 170 cm³/mol. The van der Waals surface area contributed by atoms with E-state index in [1.807, 2.05) is 26.1 Å². The van der Waals surface area contributed by atoms with E-state index in [1.165, 1.54) is 23.1 Å². The highest BCUT2D eigenvalue weighted by Gasteiger charge is 2.39. The van der Waals surface area contributed by atoms with Gasteiger partial charge in [-0.1, -0.05) is 17.3 Å². The van der Waals surface area contributed by atoms with Crippen LogP contribution >= 0.6 is 11.3 Å². The van der Waals surface area contributed by atoms with E-state index in [2.05, 4.69) is 63.7 Å². The van der Waals surface area contributed by atoms with Crippen LogP contribution in [0.5, 0.6) is 11.6 Å². The van der Waals surface area contributed by atoms with Crippen LogP contribution in [0.2, 0.25) is 0 Å². The maximum absolute atomic E-state index is 13.0. The first-order valence-corrected chi connectivity index (χ1v) is 16.2. The molecule has 1 fully saturated rings. The number of hydrogen-bond acceptors (Lipinski definition) is 9. The molecule has 0 bridgehead atoms. The number of carbonyl (C=O) groups is 1. The summed E-state index contributed by atoms with van der Waals surface area (Å²) >= 11 is 1.74. The van der Waals surface area contributed by atoms with Gasteiger partial charge in [0.2, 0.25) is 5.88 Å². The number of aryl methyl sites for hydroxylation is 2. The van der Waals surface area contributed by atoms with Crippen molar-refractivity contribution in [3.63, 3.8) is 0 Å². The van der Waals surface area contributed by atoms with Gasteiger partial charge in [0.05, 0.1) is 24.6 Å². The van der Waals surface area contributed by atoms with Crippen molar-refractivity contribution < 1.29 is 19.4 Å². The van der Waals surface area contributed by atoms with Crippen molar-refractivity contribution in [1.29, 1.82) is 0 Å². The molecule has 0 unspecified atom stereocenters. The summed E-state index contributed by atoms with van der Waals surface area (Å²) in [5.74, 6) is 0.853. The van der Waals surface area contributed by atoms with E-state index >= 15 is 0 Å². The van der Waals surface area contributed by atoms with Gasteiger partial charge in [0, 0.05) is 36.8 Å². The van der Waals surface area contributed by atoms with Crippen molar-refractivity contribution in [3.8, 4) is 11.6 Å². The standard InChI is InChI=1S/C34H37N5O4S/c1-5-42-31(41)16-26(25-8-9-27-32(19(25)2)36-37-38(27)4)23-14-22-12-13-44-34(22)24(15-23)17-39-18-29(21-6-7-21)43-28-10-11-30(40)35-33(28)20(39)3/h8-15,20-21,26,29H,5-7,16-18H2,1-4H3,(H,35,40)/t20-,26+,29-/m0/s1. The van der Waals surface area contributed by atoms with Gasteiger partial charge in [-0.3, -0.25) is 9.69 Å². The fourth-order valence-electron chi connectivity index (χ4n) is 6.67. The van der Waals surface area contributed by atoms with Crippen LogP contribution in [-0.4, -0.2) is 55.2 Å². The maximum Gasteiger partial charge on any atom is 0.306 e. The van der Waals surface area contributed by atoms with E-state index in [9.17, 15) is 9.90 Å². The van der Waals surface area contributed by atoms with E-state index in [-0.39, 0.29) is 36.3 Å². The molecule has 1 saturated carbocycles. The highest BCUT2D eigenvalue weighted by Crippen LogP contribution is 2.43. The van der Waals surface area contributed by atoms with Gasteiger partial charge in [0.15, 0.2) is 0 Å². The lowest BCUT2D eigenvalue weighted by atomic mass is 9.84. The van der Waals surface area contributed by atoms with Gasteiger partial charge in [-0.2, -0.15) is 0 Å². The lowest BCUT2D eigenvalue weighted by Gasteiger charge is -2.29. The number of ether oxygens (including phenoxy) is 2. The van der Waals surface area contributed by atoms with Crippen molar-refractivity contribution in [3.05, 3.63) is 75.8 Å². The summed E-state index contributed by atoms with van der Waals surface area (Å²) in [5.41, 5.74) is 6.89. The van der Waals surface area contributed by atoms with E-state index in [1.54, 1.807) is 22.1 Å². The summed E-state index contributed by atoms with van der Waals surface area (Å²) in [5, 5.41) is 22.2. The summed E-state index contributed by atoms with van der Waals surface area (Å²) in [6, 6.07) is 14.2. The second-order valence-electron chi connectivity index (χ2n) is 12.1. The summed E-state index contributed by atoms with van der Waals surface area (Å²) in [7, 11) is 1.89. The fraction of sp³-hybridized carbons (Fsp3) is 0.412. The number of fused-ring (bicyclic) bond motifs is 3. The number of esters is 1. The summed E-state index contributed by atoms with van der Waals surface area (Å²) in [4.78, 5) is 20.0. The average Bonchev–Trinajstić information content (AvgIpc) is 3.65. The number of aromatic hydroxyl groups is 1. The van der Waals surface area contributed by atoms with Crippen LogP contribution in [-0.2, 0) is 23.1 Å². The molecule has 1 aliphatic heterocycles. The second-order valence-corrected chi connectivity index (χ2v) is 13.0. The monoisotopic (exact) mass is 611 g/mol. The Hall–Kier alpha value is -4.02. The minimum Gasteiger partial charge on any atom is -0.493 e. The molecule has 4 heterocycles. The zero-order valence-electron chi connectivity index (χ0n) is 25.5. The molecule has 5 aromatic rings. The number of aromatic nitrogens is 4. The van der Waals surface area contributed by atoms with Crippen LogP contribution < -0.4 is 4.74 Å². The Morgan fingerprint density at radius 1 is 1.20 bits per heavy atom. The number of hydrogen-bond donors (Lipinski definition) is 1. The SMILES string of the molecule is CCOC(=O)C[C@H](c1cc(CN2C[C@@H](C3CC3)Oc3ccc(O)nc3[C@@H]2C)c2sccc2c1)c1ccc2c(nnn2C)c1C. The molecule has 7 rings (SSSR count). The van der Waals surface area contributed by atoms with Gasteiger partial charge < -0.3 is 14.6 Å². The Morgan fingerprint density at radius 3 is 2.84 bits per heavy atom. The molecule has 10 heteroatoms. The Balaban J connectivity index is 1.31. The van der Waals surface area contributed by atoms with E-state index in [0.29, 0.717) is 19.1 Å². The molecule has 228 valence electrons. The predicted octanol–water partition coefficient (Wildman–Crippen LogP) is 6.41. The quantitative estimate of drug-likeness (QED) is 0.201. The van der Waals surface area contributed by atoms with Crippen molar-refractivity contribution in [2.45, 2.75) is 64.6 Å². The number of rotatable bonds is 8. The molecule has 0 amide bonds. The van der Waals surface area contributed by atoms with Crippen LogP contribution in [0, 0.1) is 12.8 Å². The van der Waals surface area contributed by atoms with Gasteiger partial charge in [0.25, 0.3) is 0 Å². The molecule has 0 saturated heterocycles. The Labute approximate surface area is 260 Å². The molecule has 2 aromatic carbocycles. The van der Waals surface area contributed by atoms with Crippen molar-refractivity contribution in [1.82, 2.24) is 24.9 Å². The van der Waals surface area contributed by atoms with Crippen LogP contribution in [0.1, 0.15) is 73.0 Å². The molecule has 1 aliphatic carbocycles. The molecule has 0 radical (unpaired) electrons. The van der Waals surface area contributed by atoms with Gasteiger partial charge >= 0.3 is 5.97 Å². The Bertz CT molecular complexity index is 1860. The van der Waals surface area contributed by atoms with Crippen molar-refractivity contribution >= 4 is 38.4 Å². The third kappa shape index (κ3) is 5.30. The summed E-state index contributed by atoms with van der Waals surface area (Å²) in [6.45, 7) is 7.84. The normalized spacial score (nSPS) is 19.5. The van der Waals surface area contributed by atoms with E-state index in [0.717, 1.165) is 51.1 Å². The minimum atomic E-state index is -0.226. The number of carbonyl (C=O) groups excluding carboxylic acids is 1. The minimum absolute atomic E-state index is 0.00363. The average molecular weight is 612 g/mol. The molecule has 1 N–H and O–H groups in total. The van der Waals surface area contributed by atoms with Gasteiger partial charge in [-0.15, -0.1) is 16.4 Å². The smallest absolute Gasteiger partial charge is 0.306 e. The third-order valence-corrected chi connectivity index (χ3v) is 10.2. The largest absolute Gasteiger partial charge is 0.493 e. The van der Waals surface area contributed by atoms with Crippen molar-refractivity contribution in [2.75, 3.05) is 13.2 Å². The van der Waals surface area contributed by atoms with Crippen LogP contribution in [0.25, 0.3) is 21.1 Å². The molecular formula is C34H37N5O4S. The Morgan fingerprint density at radius 2 is 2.05 bits per heavy atom. The topological polar surface area (TPSA) is 103 Å². The van der Waals surface area contributed by atoms with Gasteiger partial charge in [-0.25, -0.2) is 9.67 Å². The highest BCUT2D eigenvalue weighted by atomic mass is 32.1. The summed E-state index contributed by atoms with van der Waals surface area (Å²) in [6.07, 6.45) is 2.64. The molecule has 9 nitrogen and oxygen atoms in total. The number of thiophene rings is 1. The fourth-order valence-corrected chi connectivity index (χ4v) is 7.56. The lowest BCUT2D eigenvalue weighted by Crippen LogP contribution is -2.35. The molecule has 3 aromatic heterocycles. The first-order chi connectivity index (χ1) is 21.3. The zero-order chi connectivity index (χ0) is 30.5. The van der Waals surface area contributed by atoms with Crippen molar-refractivity contribution in [2.24, 2.45) is 13.0 Å². The first-order valence-electron chi connectivity index (χ1n) is 15.4.